The van der Waals surface area contributed by atoms with Crippen molar-refractivity contribution in [3.05, 3.63) is 89.8 Å². The average Bonchev–Trinajstić information content (AvgIpc) is 3.97. The minimum Gasteiger partial charge on any atom is -0.507 e. The van der Waals surface area contributed by atoms with Crippen LogP contribution < -0.4 is 25.6 Å². The minimum atomic E-state index is -1.02. The fourth-order valence-electron chi connectivity index (χ4n) is 8.62. The molecule has 2 bridgehead atoms. The van der Waals surface area contributed by atoms with Gasteiger partial charge in [-0.05, 0) is 56.0 Å². The molecule has 3 saturated heterocycles. The van der Waals surface area contributed by atoms with Crippen LogP contribution in [0.2, 0.25) is 0 Å². The molecule has 4 aliphatic heterocycles. The fourth-order valence-corrected chi connectivity index (χ4v) is 8.62. The normalized spacial score (nSPS) is 19.1. The molecule has 4 aliphatic rings. The molecule has 0 radical (unpaired) electrons. The number of nitrogens with one attached hydrogen (secondary N) is 3. The number of phenols is 1. The van der Waals surface area contributed by atoms with Crippen molar-refractivity contribution >= 4 is 46.8 Å². The molecule has 4 N–H and O–H groups in total. The van der Waals surface area contributed by atoms with Crippen molar-refractivity contribution in [2.75, 3.05) is 69.4 Å². The lowest BCUT2D eigenvalue weighted by atomic mass is 10.0. The number of carbonyl (C=O) groups is 6. The maximum atomic E-state index is 13.2. The number of carbonyl (C=O) groups excluding carboxylic acids is 6. The van der Waals surface area contributed by atoms with E-state index in [4.69, 9.17) is 14.2 Å². The molecule has 5 heterocycles. The van der Waals surface area contributed by atoms with Crippen molar-refractivity contribution in [3.63, 3.8) is 0 Å². The zero-order valence-corrected chi connectivity index (χ0v) is 36.0. The summed E-state index contributed by atoms with van der Waals surface area (Å²) in [5.41, 5.74) is 1.18. The van der Waals surface area contributed by atoms with Crippen LogP contribution in [-0.2, 0) is 23.9 Å². The number of hydrogen-bond donors (Lipinski definition) is 4. The smallest absolute Gasteiger partial charge is 0.264 e. The number of unbranched alkanes of at least 4 members (excludes halogenated alkanes) is 5. The SMILES string of the molecule is O=C(CCCCCCCCOc1ccnc(N2C[C@H]3C[C@@H]2CN3/C=C/C(=O)c2ccccc2O)c1)NCCOCCOCCNc1cccc2c1C(=O)N(C1CCC(=O)NC1=O)C2=O. The van der Waals surface area contributed by atoms with E-state index < -0.39 is 29.7 Å². The maximum Gasteiger partial charge on any atom is 0.264 e. The van der Waals surface area contributed by atoms with Gasteiger partial charge >= 0.3 is 0 Å². The Hall–Kier alpha value is -6.33. The van der Waals surface area contributed by atoms with E-state index in [-0.39, 0.29) is 41.4 Å². The highest BCUT2D eigenvalue weighted by molar-refractivity contribution is 6.25. The zero-order valence-electron chi connectivity index (χ0n) is 36.0. The minimum absolute atomic E-state index is 0.0111. The predicted molar refractivity (Wildman–Crippen MR) is 236 cm³/mol. The molecule has 3 aromatic rings. The van der Waals surface area contributed by atoms with Crippen LogP contribution in [0.5, 0.6) is 11.5 Å². The number of imide groups is 2. The number of phenolic OH excluding ortho intramolecular Hbond substituents is 1. The van der Waals surface area contributed by atoms with Crippen molar-refractivity contribution in [3.8, 4) is 11.5 Å². The lowest BCUT2D eigenvalue weighted by Crippen LogP contribution is -2.54. The van der Waals surface area contributed by atoms with Crippen molar-refractivity contribution < 1.29 is 48.1 Å². The van der Waals surface area contributed by atoms with Gasteiger partial charge in [0.25, 0.3) is 11.8 Å². The Bertz CT molecular complexity index is 2200. The van der Waals surface area contributed by atoms with Crippen LogP contribution in [0, 0.1) is 0 Å². The van der Waals surface area contributed by atoms with E-state index in [1.807, 2.05) is 18.3 Å². The number of allylic oxidation sites excluding steroid dienone is 1. The summed E-state index contributed by atoms with van der Waals surface area (Å²) in [7, 11) is 0. The third-order valence-corrected chi connectivity index (χ3v) is 11.9. The number of ketones is 1. The summed E-state index contributed by atoms with van der Waals surface area (Å²) in [4.78, 5) is 85.0. The van der Waals surface area contributed by atoms with Gasteiger partial charge in [-0.2, -0.15) is 0 Å². The van der Waals surface area contributed by atoms with Gasteiger partial charge in [0.2, 0.25) is 17.7 Å². The zero-order chi connectivity index (χ0) is 44.8. The quantitative estimate of drug-likeness (QED) is 0.0407. The Kier molecular flexibility index (Phi) is 15.9. The Morgan fingerprint density at radius 2 is 1.62 bits per heavy atom. The van der Waals surface area contributed by atoms with E-state index in [0.717, 1.165) is 74.5 Å². The molecule has 2 aromatic carbocycles. The number of piperazine rings is 1. The van der Waals surface area contributed by atoms with Crippen molar-refractivity contribution in [2.45, 2.75) is 82.3 Å². The predicted octanol–water partition coefficient (Wildman–Crippen LogP) is 4.22. The number of amides is 5. The molecular weight excluding hydrogens is 823 g/mol. The largest absolute Gasteiger partial charge is 0.507 e. The Balaban J connectivity index is 0.662. The second-order valence-corrected chi connectivity index (χ2v) is 16.3. The van der Waals surface area contributed by atoms with Gasteiger partial charge in [0, 0.05) is 81.3 Å². The summed E-state index contributed by atoms with van der Waals surface area (Å²) in [5, 5.41) is 18.2. The third kappa shape index (κ3) is 11.6. The summed E-state index contributed by atoms with van der Waals surface area (Å²) >= 11 is 0. The van der Waals surface area contributed by atoms with Crippen LogP contribution >= 0.6 is 0 Å². The lowest BCUT2D eigenvalue weighted by molar-refractivity contribution is -0.136. The van der Waals surface area contributed by atoms with E-state index in [0.29, 0.717) is 75.9 Å². The van der Waals surface area contributed by atoms with E-state index in [1.165, 1.54) is 12.1 Å². The molecule has 340 valence electrons. The summed E-state index contributed by atoms with van der Waals surface area (Å²) < 4.78 is 17.3. The summed E-state index contributed by atoms with van der Waals surface area (Å²) in [6, 6.07) is 15.0. The summed E-state index contributed by atoms with van der Waals surface area (Å²) in [5.74, 6) is -0.695. The summed E-state index contributed by atoms with van der Waals surface area (Å²) in [6.45, 7) is 4.43. The maximum absolute atomic E-state index is 13.2. The van der Waals surface area contributed by atoms with Gasteiger partial charge < -0.3 is 39.8 Å². The number of ether oxygens (including phenoxy) is 3. The number of anilines is 2. The van der Waals surface area contributed by atoms with Crippen molar-refractivity contribution in [2.24, 2.45) is 0 Å². The third-order valence-electron chi connectivity index (χ3n) is 11.9. The molecule has 3 fully saturated rings. The fraction of sp³-hybridized carbons (Fsp3) is 0.468. The standard InChI is InChI=1S/C47H57N7O10/c55-39-13-7-6-10-35(39)40(56)18-22-52-30-33-28-32(52)31-53(33)41-29-34(17-19-49-41)64-23-8-4-2-1-3-5-14-42(57)50-21-25-63-27-26-62-24-20-48-37-12-9-11-36-44(37)47(61)54(46(36)60)38-15-16-43(58)51-45(38)59/h6-7,9-13,17-19,22,29,32-33,38,48,55H,1-5,8,14-16,20-21,23-28,30-31H2,(H,50,57)(H,51,58,59)/b22-18+/t32-,33-,38?/m1/s1. The van der Waals surface area contributed by atoms with Crippen LogP contribution in [0.15, 0.2) is 73.1 Å². The highest BCUT2D eigenvalue weighted by Crippen LogP contribution is 2.35. The molecule has 7 rings (SSSR count). The molecule has 0 saturated carbocycles. The lowest BCUT2D eigenvalue weighted by Gasteiger charge is -2.34. The summed E-state index contributed by atoms with van der Waals surface area (Å²) in [6.07, 6.45) is 12.8. The van der Waals surface area contributed by atoms with Gasteiger partial charge in [-0.15, -0.1) is 0 Å². The Morgan fingerprint density at radius 1 is 0.844 bits per heavy atom. The van der Waals surface area contributed by atoms with Crippen molar-refractivity contribution in [1.29, 1.82) is 0 Å². The van der Waals surface area contributed by atoms with Crippen molar-refractivity contribution in [1.82, 2.24) is 25.4 Å². The van der Waals surface area contributed by atoms with E-state index in [1.54, 1.807) is 42.6 Å². The van der Waals surface area contributed by atoms with Crippen LogP contribution in [0.25, 0.3) is 0 Å². The first-order valence-electron chi connectivity index (χ1n) is 22.3. The first kappa shape index (κ1) is 45.7. The second kappa shape index (κ2) is 22.3. The molecule has 5 amide bonds. The Morgan fingerprint density at radius 3 is 2.41 bits per heavy atom. The number of rotatable bonds is 25. The van der Waals surface area contributed by atoms with Gasteiger partial charge in [0.05, 0.1) is 49.7 Å². The van der Waals surface area contributed by atoms with Gasteiger partial charge in [0.1, 0.15) is 23.4 Å². The number of para-hydroxylation sites is 1. The first-order chi connectivity index (χ1) is 31.2. The van der Waals surface area contributed by atoms with Crippen LogP contribution in [0.1, 0.15) is 95.3 Å². The van der Waals surface area contributed by atoms with Gasteiger partial charge in [0.15, 0.2) is 5.78 Å². The van der Waals surface area contributed by atoms with E-state index in [9.17, 15) is 33.9 Å². The molecule has 0 spiro atoms. The number of pyridine rings is 1. The number of benzene rings is 2. The van der Waals surface area contributed by atoms with E-state index in [2.05, 4.69) is 30.7 Å². The monoisotopic (exact) mass is 879 g/mol. The van der Waals surface area contributed by atoms with Gasteiger partial charge in [-0.3, -0.25) is 39.0 Å². The molecule has 3 atom stereocenters. The number of fused-ring (bicyclic) bond motifs is 3. The molecule has 17 nitrogen and oxygen atoms in total. The number of piperidine rings is 1. The first-order valence-corrected chi connectivity index (χ1v) is 22.3. The molecular formula is C47H57N7O10. The number of hydrogen-bond acceptors (Lipinski definition) is 14. The molecule has 1 aromatic heterocycles. The highest BCUT2D eigenvalue weighted by Gasteiger charge is 2.46. The molecule has 64 heavy (non-hydrogen) atoms. The highest BCUT2D eigenvalue weighted by atomic mass is 16.5. The number of aromatic hydroxyl groups is 1. The van der Waals surface area contributed by atoms with Crippen LogP contribution in [0.4, 0.5) is 11.5 Å². The number of nitrogens with zero attached hydrogens (tertiary/aromatic N) is 4. The van der Waals surface area contributed by atoms with Crippen LogP contribution in [-0.4, -0.2) is 133 Å². The Labute approximate surface area is 372 Å². The van der Waals surface area contributed by atoms with Crippen LogP contribution in [0.3, 0.4) is 0 Å². The number of aromatic nitrogens is 1. The molecule has 0 aliphatic carbocycles. The van der Waals surface area contributed by atoms with E-state index >= 15 is 0 Å². The van der Waals surface area contributed by atoms with Gasteiger partial charge in [-0.1, -0.05) is 43.9 Å². The average molecular weight is 880 g/mol. The molecule has 1 unspecified atom stereocenters. The van der Waals surface area contributed by atoms with Gasteiger partial charge in [-0.25, -0.2) is 4.98 Å². The second-order valence-electron chi connectivity index (χ2n) is 16.3. The molecule has 17 heteroatoms. The number of likely N-dealkylation sites (tertiary alicyclic amines) is 1. The topological polar surface area (TPSA) is 209 Å².